The lowest BCUT2D eigenvalue weighted by atomic mass is 9.79. The number of esters is 1. The van der Waals surface area contributed by atoms with Gasteiger partial charge in [-0.25, -0.2) is 0 Å². The van der Waals surface area contributed by atoms with E-state index in [0.717, 1.165) is 17.9 Å². The molecular formula is C12H18O2. The summed E-state index contributed by atoms with van der Waals surface area (Å²) in [6.07, 6.45) is 4.73. The van der Waals surface area contributed by atoms with E-state index in [4.69, 9.17) is 4.74 Å². The van der Waals surface area contributed by atoms with Crippen LogP contribution in [-0.2, 0) is 9.53 Å². The summed E-state index contributed by atoms with van der Waals surface area (Å²) in [4.78, 5) is 11.1. The van der Waals surface area contributed by atoms with Gasteiger partial charge in [0, 0.05) is 12.8 Å². The lowest BCUT2D eigenvalue weighted by molar-refractivity contribution is -0.157. The molecule has 0 aromatic carbocycles. The summed E-state index contributed by atoms with van der Waals surface area (Å²) in [5, 5.41) is 0. The summed E-state index contributed by atoms with van der Waals surface area (Å²) in [6, 6.07) is 0. The lowest BCUT2D eigenvalue weighted by Gasteiger charge is -2.37. The standard InChI is InChI=1S/C12H18O2/c1-8(2)12(14-9(3)13)7-10-4-5-11(12)6-10/h10-11H,1,4-7H2,2-3H3. The van der Waals surface area contributed by atoms with Crippen LogP contribution in [0.15, 0.2) is 12.2 Å². The predicted octanol–water partition coefficient (Wildman–Crippen LogP) is 2.68. The summed E-state index contributed by atoms with van der Waals surface area (Å²) in [5.41, 5.74) is 0.717. The third-order valence-corrected chi connectivity index (χ3v) is 3.84. The maximum Gasteiger partial charge on any atom is 0.303 e. The minimum atomic E-state index is -0.311. The van der Waals surface area contributed by atoms with Crippen LogP contribution in [0, 0.1) is 11.8 Å². The van der Waals surface area contributed by atoms with Gasteiger partial charge in [-0.15, -0.1) is 0 Å². The molecule has 0 aliphatic heterocycles. The van der Waals surface area contributed by atoms with E-state index in [1.807, 2.05) is 6.92 Å². The molecule has 2 aliphatic carbocycles. The molecule has 14 heavy (non-hydrogen) atoms. The average Bonchev–Trinajstić information content (AvgIpc) is 2.61. The van der Waals surface area contributed by atoms with E-state index in [0.29, 0.717) is 5.92 Å². The van der Waals surface area contributed by atoms with Gasteiger partial charge in [0.1, 0.15) is 5.60 Å². The topological polar surface area (TPSA) is 26.3 Å². The van der Waals surface area contributed by atoms with Crippen molar-refractivity contribution in [3.8, 4) is 0 Å². The summed E-state index contributed by atoms with van der Waals surface area (Å²) in [5.74, 6) is 1.13. The largest absolute Gasteiger partial charge is 0.454 e. The first-order chi connectivity index (χ1) is 6.54. The molecule has 0 spiro atoms. The first-order valence-corrected chi connectivity index (χ1v) is 5.40. The van der Waals surface area contributed by atoms with Crippen molar-refractivity contribution in [2.24, 2.45) is 11.8 Å². The van der Waals surface area contributed by atoms with Crippen molar-refractivity contribution in [3.05, 3.63) is 12.2 Å². The highest BCUT2D eigenvalue weighted by molar-refractivity contribution is 5.67. The SMILES string of the molecule is C=C(C)C1(OC(C)=O)CC2CCC1C2. The second kappa shape index (κ2) is 3.11. The first kappa shape index (κ1) is 9.75. The van der Waals surface area contributed by atoms with Crippen molar-refractivity contribution in [1.29, 1.82) is 0 Å². The van der Waals surface area contributed by atoms with Gasteiger partial charge >= 0.3 is 5.97 Å². The Bertz CT molecular complexity index is 282. The highest BCUT2D eigenvalue weighted by atomic mass is 16.6. The molecule has 2 rings (SSSR count). The molecule has 0 N–H and O–H groups in total. The Morgan fingerprint density at radius 2 is 2.14 bits per heavy atom. The van der Waals surface area contributed by atoms with Gasteiger partial charge in [0.2, 0.25) is 0 Å². The van der Waals surface area contributed by atoms with Crippen molar-refractivity contribution in [2.45, 2.75) is 45.1 Å². The van der Waals surface area contributed by atoms with Gasteiger partial charge < -0.3 is 4.74 Å². The molecule has 0 heterocycles. The van der Waals surface area contributed by atoms with Crippen molar-refractivity contribution in [1.82, 2.24) is 0 Å². The lowest BCUT2D eigenvalue weighted by Crippen LogP contribution is -2.40. The van der Waals surface area contributed by atoms with Gasteiger partial charge in [-0.2, -0.15) is 0 Å². The fraction of sp³-hybridized carbons (Fsp3) is 0.750. The Hall–Kier alpha value is -0.790. The van der Waals surface area contributed by atoms with Crippen LogP contribution in [0.3, 0.4) is 0 Å². The summed E-state index contributed by atoms with van der Waals surface area (Å²) in [6.45, 7) is 7.49. The van der Waals surface area contributed by atoms with Gasteiger partial charge in [-0.1, -0.05) is 6.58 Å². The van der Waals surface area contributed by atoms with Crippen LogP contribution in [-0.4, -0.2) is 11.6 Å². The third kappa shape index (κ3) is 1.28. The molecule has 2 aliphatic rings. The minimum absolute atomic E-state index is 0.166. The highest BCUT2D eigenvalue weighted by Gasteiger charge is 2.53. The molecule has 0 amide bonds. The Kier molecular flexibility index (Phi) is 2.17. The second-order valence-corrected chi connectivity index (χ2v) is 4.84. The molecule has 2 nitrogen and oxygen atoms in total. The molecule has 0 aromatic rings. The van der Waals surface area contributed by atoms with E-state index < -0.39 is 0 Å². The monoisotopic (exact) mass is 194 g/mol. The molecular weight excluding hydrogens is 176 g/mol. The molecule has 3 atom stereocenters. The highest BCUT2D eigenvalue weighted by Crippen LogP contribution is 2.55. The number of hydrogen-bond acceptors (Lipinski definition) is 2. The number of rotatable bonds is 2. The van der Waals surface area contributed by atoms with Crippen LogP contribution >= 0.6 is 0 Å². The average molecular weight is 194 g/mol. The van der Waals surface area contributed by atoms with Crippen LogP contribution < -0.4 is 0 Å². The van der Waals surface area contributed by atoms with Crippen LogP contribution in [0.1, 0.15) is 39.5 Å². The quantitative estimate of drug-likeness (QED) is 0.499. The zero-order chi connectivity index (χ0) is 10.3. The van der Waals surface area contributed by atoms with Crippen LogP contribution in [0.2, 0.25) is 0 Å². The van der Waals surface area contributed by atoms with E-state index in [1.54, 1.807) is 0 Å². The molecule has 0 radical (unpaired) electrons. The maximum atomic E-state index is 11.1. The van der Waals surface area contributed by atoms with E-state index in [-0.39, 0.29) is 11.6 Å². The molecule has 0 saturated heterocycles. The van der Waals surface area contributed by atoms with Crippen LogP contribution in [0.25, 0.3) is 0 Å². The van der Waals surface area contributed by atoms with E-state index in [2.05, 4.69) is 6.58 Å². The van der Waals surface area contributed by atoms with E-state index in [1.165, 1.54) is 26.2 Å². The Balaban J connectivity index is 2.24. The summed E-state index contributed by atoms with van der Waals surface area (Å²) < 4.78 is 5.56. The first-order valence-electron chi connectivity index (χ1n) is 5.40. The molecule has 2 bridgehead atoms. The summed E-state index contributed by atoms with van der Waals surface area (Å²) >= 11 is 0. The number of hydrogen-bond donors (Lipinski definition) is 0. The van der Waals surface area contributed by atoms with Crippen molar-refractivity contribution in [2.75, 3.05) is 0 Å². The molecule has 3 unspecified atom stereocenters. The van der Waals surface area contributed by atoms with Gasteiger partial charge in [0.05, 0.1) is 0 Å². The molecule has 2 heteroatoms. The summed E-state index contributed by atoms with van der Waals surface area (Å²) in [7, 11) is 0. The smallest absolute Gasteiger partial charge is 0.303 e. The fourth-order valence-electron chi connectivity index (χ4n) is 3.27. The van der Waals surface area contributed by atoms with Gasteiger partial charge in [0.25, 0.3) is 0 Å². The van der Waals surface area contributed by atoms with Gasteiger partial charge in [0.15, 0.2) is 0 Å². The zero-order valence-electron chi connectivity index (χ0n) is 9.01. The minimum Gasteiger partial charge on any atom is -0.454 e. The Morgan fingerprint density at radius 3 is 2.50 bits per heavy atom. The fourth-order valence-corrected chi connectivity index (χ4v) is 3.27. The maximum absolute atomic E-state index is 11.1. The van der Waals surface area contributed by atoms with Crippen molar-refractivity contribution in [3.63, 3.8) is 0 Å². The Labute approximate surface area is 85.3 Å². The molecule has 0 aromatic heterocycles. The normalized spacial score (nSPS) is 39.9. The van der Waals surface area contributed by atoms with Crippen molar-refractivity contribution >= 4 is 5.97 Å². The van der Waals surface area contributed by atoms with Crippen LogP contribution in [0.4, 0.5) is 0 Å². The second-order valence-electron chi connectivity index (χ2n) is 4.84. The number of fused-ring (bicyclic) bond motifs is 2. The van der Waals surface area contributed by atoms with Crippen LogP contribution in [0.5, 0.6) is 0 Å². The van der Waals surface area contributed by atoms with Crippen molar-refractivity contribution < 1.29 is 9.53 Å². The number of carbonyl (C=O) groups is 1. The number of ether oxygens (including phenoxy) is 1. The molecule has 2 fully saturated rings. The third-order valence-electron chi connectivity index (χ3n) is 3.84. The number of carbonyl (C=O) groups excluding carboxylic acids is 1. The zero-order valence-corrected chi connectivity index (χ0v) is 9.01. The predicted molar refractivity (Wildman–Crippen MR) is 54.8 cm³/mol. The molecule has 2 saturated carbocycles. The van der Waals surface area contributed by atoms with E-state index >= 15 is 0 Å². The van der Waals surface area contributed by atoms with Gasteiger partial charge in [-0.3, -0.25) is 4.79 Å². The Morgan fingerprint density at radius 1 is 1.43 bits per heavy atom. The molecule has 78 valence electrons. The van der Waals surface area contributed by atoms with Gasteiger partial charge in [-0.05, 0) is 44.1 Å². The van der Waals surface area contributed by atoms with E-state index in [9.17, 15) is 4.79 Å².